The third-order valence-corrected chi connectivity index (χ3v) is 8.00. The molecule has 0 spiro atoms. The number of piperidine rings is 1. The summed E-state index contributed by atoms with van der Waals surface area (Å²) in [6, 6.07) is 21.0. The second-order valence-electron chi connectivity index (χ2n) is 9.71. The Morgan fingerprint density at radius 1 is 1.06 bits per heavy atom. The molecule has 0 bridgehead atoms. The number of halogens is 2. The molecule has 0 radical (unpaired) electrons. The number of amides is 1. The number of aliphatic carboxylic acids is 1. The van der Waals surface area contributed by atoms with Crippen LogP contribution in [0, 0.1) is 11.8 Å². The summed E-state index contributed by atoms with van der Waals surface area (Å²) in [4.78, 5) is 29.4. The van der Waals surface area contributed by atoms with Gasteiger partial charge < -0.3 is 10.4 Å². The number of rotatable bonds is 8. The second kappa shape index (κ2) is 11.4. The van der Waals surface area contributed by atoms with Gasteiger partial charge >= 0.3 is 5.97 Å². The van der Waals surface area contributed by atoms with Crippen LogP contribution in [0.2, 0.25) is 10.0 Å². The van der Waals surface area contributed by atoms with Crippen molar-refractivity contribution in [1.82, 2.24) is 10.3 Å². The van der Waals surface area contributed by atoms with E-state index in [9.17, 15) is 14.7 Å². The Kier molecular flexibility index (Phi) is 8.32. The standard InChI is InChI=1S/C29H30Cl2N2O3/c1-17(19-9-11-22(30)12-10-19)18(2)27(25-8-3-4-13-32-25)28-24(20-6-5-7-23(31)14-20)15-21(16-26(34)35)29(36)33-28/h3-14,17-18,21,24,27-28H,15-16H2,1-2H3,(H,33,36)(H,34,35). The second-order valence-corrected chi connectivity index (χ2v) is 10.6. The number of carbonyl (C=O) groups excluding carboxylic acids is 1. The van der Waals surface area contributed by atoms with Gasteiger partial charge in [-0.1, -0.05) is 67.4 Å². The number of carboxylic acid groups (broad SMARTS) is 1. The van der Waals surface area contributed by atoms with Crippen molar-refractivity contribution < 1.29 is 14.7 Å². The van der Waals surface area contributed by atoms with Crippen LogP contribution in [0.4, 0.5) is 0 Å². The molecule has 6 unspecified atom stereocenters. The van der Waals surface area contributed by atoms with Crippen molar-refractivity contribution in [2.75, 3.05) is 0 Å². The van der Waals surface area contributed by atoms with Crippen molar-refractivity contribution in [3.63, 3.8) is 0 Å². The van der Waals surface area contributed by atoms with Crippen molar-refractivity contribution in [2.45, 2.75) is 50.5 Å². The average Bonchev–Trinajstić information content (AvgIpc) is 2.86. The number of nitrogens with zero attached hydrogens (tertiary/aromatic N) is 1. The SMILES string of the molecule is CC(c1ccc(Cl)cc1)C(C)C(c1ccccn1)C1NC(=O)C(CC(=O)O)CC1c1cccc(Cl)c1. The van der Waals surface area contributed by atoms with Gasteiger partial charge in [0.2, 0.25) is 5.91 Å². The molecule has 1 fully saturated rings. The van der Waals surface area contributed by atoms with Crippen molar-refractivity contribution >= 4 is 35.1 Å². The number of nitrogens with one attached hydrogen (secondary N) is 1. The Hall–Kier alpha value is -2.89. The van der Waals surface area contributed by atoms with Crippen molar-refractivity contribution in [1.29, 1.82) is 0 Å². The molecule has 1 aliphatic heterocycles. The Labute approximate surface area is 221 Å². The van der Waals surface area contributed by atoms with Gasteiger partial charge in [-0.25, -0.2) is 0 Å². The molecular weight excluding hydrogens is 495 g/mol. The quantitative estimate of drug-likeness (QED) is 0.344. The lowest BCUT2D eigenvalue weighted by molar-refractivity contribution is -0.142. The molecule has 1 saturated heterocycles. The van der Waals surface area contributed by atoms with Crippen LogP contribution in [0.3, 0.4) is 0 Å². The molecule has 4 rings (SSSR count). The largest absolute Gasteiger partial charge is 0.481 e. The lowest BCUT2D eigenvalue weighted by Crippen LogP contribution is -2.53. The zero-order valence-corrected chi connectivity index (χ0v) is 21.8. The number of carbonyl (C=O) groups is 2. The first kappa shape index (κ1) is 26.2. The molecule has 7 heteroatoms. The van der Waals surface area contributed by atoms with E-state index in [1.807, 2.05) is 66.7 Å². The fraction of sp³-hybridized carbons (Fsp3) is 0.345. The molecule has 1 aliphatic rings. The van der Waals surface area contributed by atoms with E-state index >= 15 is 0 Å². The maximum absolute atomic E-state index is 13.2. The van der Waals surface area contributed by atoms with Crippen LogP contribution in [0.25, 0.3) is 0 Å². The van der Waals surface area contributed by atoms with E-state index < -0.39 is 11.9 Å². The predicted octanol–water partition coefficient (Wildman–Crippen LogP) is 6.68. The van der Waals surface area contributed by atoms with Crippen LogP contribution in [0.15, 0.2) is 72.9 Å². The van der Waals surface area contributed by atoms with E-state index in [4.69, 9.17) is 28.2 Å². The topological polar surface area (TPSA) is 79.3 Å². The van der Waals surface area contributed by atoms with E-state index in [1.54, 1.807) is 6.20 Å². The Balaban J connectivity index is 1.78. The van der Waals surface area contributed by atoms with Crippen LogP contribution in [0.5, 0.6) is 0 Å². The highest BCUT2D eigenvalue weighted by atomic mass is 35.5. The van der Waals surface area contributed by atoms with E-state index in [0.29, 0.717) is 16.5 Å². The summed E-state index contributed by atoms with van der Waals surface area (Å²) in [5, 5.41) is 13.9. The van der Waals surface area contributed by atoms with Crippen LogP contribution in [-0.2, 0) is 9.59 Å². The van der Waals surface area contributed by atoms with Crippen LogP contribution in [0.1, 0.15) is 61.3 Å². The number of carboxylic acids is 1. The minimum Gasteiger partial charge on any atom is -0.481 e. The van der Waals surface area contributed by atoms with E-state index in [2.05, 4.69) is 19.2 Å². The van der Waals surface area contributed by atoms with Crippen LogP contribution in [-0.4, -0.2) is 28.0 Å². The molecule has 36 heavy (non-hydrogen) atoms. The van der Waals surface area contributed by atoms with Crippen LogP contribution >= 0.6 is 23.2 Å². The van der Waals surface area contributed by atoms with Gasteiger partial charge in [0.15, 0.2) is 0 Å². The highest BCUT2D eigenvalue weighted by molar-refractivity contribution is 6.30. The number of hydrogen-bond acceptors (Lipinski definition) is 3. The first-order valence-electron chi connectivity index (χ1n) is 12.2. The van der Waals surface area contributed by atoms with Crippen molar-refractivity contribution in [3.8, 4) is 0 Å². The number of hydrogen-bond donors (Lipinski definition) is 2. The number of aromatic nitrogens is 1. The predicted molar refractivity (Wildman–Crippen MR) is 142 cm³/mol. The summed E-state index contributed by atoms with van der Waals surface area (Å²) in [7, 11) is 0. The normalized spacial score (nSPS) is 22.3. The highest BCUT2D eigenvalue weighted by Gasteiger charge is 2.44. The zero-order chi connectivity index (χ0) is 25.8. The van der Waals surface area contributed by atoms with Gasteiger partial charge in [0, 0.05) is 45.7 Å². The zero-order valence-electron chi connectivity index (χ0n) is 20.3. The molecule has 1 aromatic heterocycles. The van der Waals surface area contributed by atoms with Gasteiger partial charge in [0.05, 0.1) is 6.42 Å². The maximum atomic E-state index is 13.2. The molecular formula is C29H30Cl2N2O3. The summed E-state index contributed by atoms with van der Waals surface area (Å²) >= 11 is 12.5. The number of pyridine rings is 1. The van der Waals surface area contributed by atoms with Gasteiger partial charge in [-0.2, -0.15) is 0 Å². The summed E-state index contributed by atoms with van der Waals surface area (Å²) in [6.07, 6.45) is 1.99. The lowest BCUT2D eigenvalue weighted by Gasteiger charge is -2.44. The molecule has 3 aromatic rings. The Bertz CT molecular complexity index is 1200. The highest BCUT2D eigenvalue weighted by Crippen LogP contribution is 2.45. The smallest absolute Gasteiger partial charge is 0.304 e. The number of benzene rings is 2. The molecule has 2 aromatic carbocycles. The monoisotopic (exact) mass is 524 g/mol. The Morgan fingerprint density at radius 3 is 2.44 bits per heavy atom. The van der Waals surface area contributed by atoms with E-state index in [1.165, 1.54) is 0 Å². The minimum atomic E-state index is -0.982. The minimum absolute atomic E-state index is 0.0871. The van der Waals surface area contributed by atoms with E-state index in [-0.39, 0.29) is 42.0 Å². The third kappa shape index (κ3) is 5.91. The van der Waals surface area contributed by atoms with Gasteiger partial charge in [0.1, 0.15) is 0 Å². The molecule has 5 nitrogen and oxygen atoms in total. The molecule has 188 valence electrons. The molecule has 6 atom stereocenters. The maximum Gasteiger partial charge on any atom is 0.304 e. The molecule has 2 N–H and O–H groups in total. The average molecular weight is 525 g/mol. The summed E-state index contributed by atoms with van der Waals surface area (Å²) in [6.45, 7) is 4.36. The third-order valence-electron chi connectivity index (χ3n) is 7.52. The fourth-order valence-corrected chi connectivity index (χ4v) is 5.81. The molecule has 1 amide bonds. The van der Waals surface area contributed by atoms with Gasteiger partial charge in [0.25, 0.3) is 0 Å². The molecule has 2 heterocycles. The van der Waals surface area contributed by atoms with E-state index in [0.717, 1.165) is 16.8 Å². The van der Waals surface area contributed by atoms with Crippen LogP contribution < -0.4 is 5.32 Å². The summed E-state index contributed by atoms with van der Waals surface area (Å²) in [5.74, 6) is -1.85. The Morgan fingerprint density at radius 2 is 1.81 bits per heavy atom. The van der Waals surface area contributed by atoms with Gasteiger partial charge in [-0.15, -0.1) is 0 Å². The molecule has 0 saturated carbocycles. The van der Waals surface area contributed by atoms with Crippen molar-refractivity contribution in [3.05, 3.63) is 99.8 Å². The first-order valence-corrected chi connectivity index (χ1v) is 12.9. The lowest BCUT2D eigenvalue weighted by atomic mass is 9.67. The van der Waals surface area contributed by atoms with Gasteiger partial charge in [-0.05, 0) is 65.8 Å². The summed E-state index contributed by atoms with van der Waals surface area (Å²) in [5.41, 5.74) is 3.02. The van der Waals surface area contributed by atoms with Gasteiger partial charge in [-0.3, -0.25) is 14.6 Å². The first-order chi connectivity index (χ1) is 17.2. The summed E-state index contributed by atoms with van der Waals surface area (Å²) < 4.78 is 0. The fourth-order valence-electron chi connectivity index (χ4n) is 5.48. The molecule has 0 aliphatic carbocycles. The van der Waals surface area contributed by atoms with Crippen molar-refractivity contribution in [2.24, 2.45) is 11.8 Å².